The van der Waals surface area contributed by atoms with Crippen LogP contribution in [0.3, 0.4) is 0 Å². The summed E-state index contributed by atoms with van der Waals surface area (Å²) in [6.45, 7) is 6.62. The molecule has 0 rings (SSSR count). The van der Waals surface area contributed by atoms with Gasteiger partial charge < -0.3 is 14.9 Å². The third kappa shape index (κ3) is 7.77. The molecule has 2 unspecified atom stereocenters. The van der Waals surface area contributed by atoms with E-state index in [1.54, 1.807) is 6.92 Å². The number of ether oxygens (including phenoxy) is 1. The predicted molar refractivity (Wildman–Crippen MR) is 61.9 cm³/mol. The monoisotopic (exact) mass is 218 g/mol. The molecule has 0 bridgehead atoms. The summed E-state index contributed by atoms with van der Waals surface area (Å²) in [6.07, 6.45) is 4.55. The van der Waals surface area contributed by atoms with Crippen molar-refractivity contribution in [1.29, 1.82) is 0 Å². The van der Waals surface area contributed by atoms with Gasteiger partial charge in [0.2, 0.25) is 0 Å². The minimum Gasteiger partial charge on any atom is -0.396 e. The highest BCUT2D eigenvalue weighted by atomic mass is 16.5. The maximum atomic E-state index is 9.16. The van der Waals surface area contributed by atoms with Gasteiger partial charge in [0.25, 0.3) is 0 Å². The Morgan fingerprint density at radius 1 is 1.27 bits per heavy atom. The summed E-state index contributed by atoms with van der Waals surface area (Å²) < 4.78 is 5.71. The Balaban J connectivity index is 3.75. The van der Waals surface area contributed by atoms with Crippen molar-refractivity contribution in [1.82, 2.24) is 0 Å². The summed E-state index contributed by atoms with van der Waals surface area (Å²) in [5, 5.41) is 17.8. The Hall–Kier alpha value is -0.120. The van der Waals surface area contributed by atoms with Gasteiger partial charge in [0, 0.05) is 6.61 Å². The van der Waals surface area contributed by atoms with Crippen molar-refractivity contribution in [3.8, 4) is 0 Å². The van der Waals surface area contributed by atoms with Crippen LogP contribution in [0.25, 0.3) is 0 Å². The zero-order valence-electron chi connectivity index (χ0n) is 10.3. The largest absolute Gasteiger partial charge is 0.396 e. The molecule has 3 nitrogen and oxygen atoms in total. The fourth-order valence-electron chi connectivity index (χ4n) is 1.46. The lowest BCUT2D eigenvalue weighted by atomic mass is 9.95. The lowest BCUT2D eigenvalue weighted by Gasteiger charge is -2.29. The van der Waals surface area contributed by atoms with Crippen molar-refractivity contribution in [2.45, 2.75) is 64.6 Å². The molecule has 0 heterocycles. The first-order chi connectivity index (χ1) is 7.04. The molecule has 0 aromatic rings. The quantitative estimate of drug-likeness (QED) is 0.583. The molecule has 2 atom stereocenters. The highest BCUT2D eigenvalue weighted by Gasteiger charge is 2.22. The van der Waals surface area contributed by atoms with Gasteiger partial charge in [0.05, 0.1) is 18.3 Å². The lowest BCUT2D eigenvalue weighted by Crippen LogP contribution is -2.31. The van der Waals surface area contributed by atoms with E-state index in [1.165, 1.54) is 0 Å². The molecule has 0 aliphatic rings. The summed E-state index contributed by atoms with van der Waals surface area (Å²) in [5.74, 6) is 0. The molecule has 92 valence electrons. The maximum Gasteiger partial charge on any atom is 0.0745 e. The van der Waals surface area contributed by atoms with Crippen molar-refractivity contribution in [2.75, 3.05) is 13.2 Å². The van der Waals surface area contributed by atoms with E-state index in [4.69, 9.17) is 14.9 Å². The fraction of sp³-hybridized carbons (Fsp3) is 1.00. The SMILES string of the molecule is CCC(C)(CCCCCO)OCC(C)O. The van der Waals surface area contributed by atoms with Crippen LogP contribution in [0.1, 0.15) is 52.9 Å². The van der Waals surface area contributed by atoms with Crippen molar-refractivity contribution in [3.05, 3.63) is 0 Å². The van der Waals surface area contributed by atoms with E-state index < -0.39 is 6.10 Å². The van der Waals surface area contributed by atoms with E-state index in [-0.39, 0.29) is 12.2 Å². The Kier molecular flexibility index (Phi) is 8.02. The minimum atomic E-state index is -0.395. The van der Waals surface area contributed by atoms with Gasteiger partial charge in [-0.2, -0.15) is 0 Å². The molecule has 0 saturated heterocycles. The van der Waals surface area contributed by atoms with E-state index in [9.17, 15) is 0 Å². The van der Waals surface area contributed by atoms with Crippen LogP contribution in [0.2, 0.25) is 0 Å². The van der Waals surface area contributed by atoms with Gasteiger partial charge in [-0.15, -0.1) is 0 Å². The van der Waals surface area contributed by atoms with E-state index in [0.29, 0.717) is 6.61 Å². The Bertz CT molecular complexity index is 148. The summed E-state index contributed by atoms with van der Waals surface area (Å²) in [4.78, 5) is 0. The van der Waals surface area contributed by atoms with Gasteiger partial charge >= 0.3 is 0 Å². The van der Waals surface area contributed by atoms with Crippen LogP contribution in [0.4, 0.5) is 0 Å². The van der Waals surface area contributed by atoms with Crippen molar-refractivity contribution in [3.63, 3.8) is 0 Å². The molecule has 0 amide bonds. The summed E-state index contributed by atoms with van der Waals surface area (Å²) in [7, 11) is 0. The van der Waals surface area contributed by atoms with Crippen LogP contribution in [-0.4, -0.2) is 35.1 Å². The van der Waals surface area contributed by atoms with Crippen LogP contribution in [0.5, 0.6) is 0 Å². The zero-order valence-corrected chi connectivity index (χ0v) is 10.3. The second-order valence-electron chi connectivity index (χ2n) is 4.50. The van der Waals surface area contributed by atoms with Gasteiger partial charge in [-0.05, 0) is 33.1 Å². The summed E-state index contributed by atoms with van der Waals surface area (Å²) in [5.41, 5.74) is -0.119. The van der Waals surface area contributed by atoms with Crippen LogP contribution in [0, 0.1) is 0 Å². The van der Waals surface area contributed by atoms with Crippen molar-refractivity contribution in [2.24, 2.45) is 0 Å². The van der Waals surface area contributed by atoms with Gasteiger partial charge in [-0.1, -0.05) is 19.8 Å². The molecular formula is C12H26O3. The smallest absolute Gasteiger partial charge is 0.0745 e. The molecule has 0 radical (unpaired) electrons. The first-order valence-electron chi connectivity index (χ1n) is 5.97. The lowest BCUT2D eigenvalue weighted by molar-refractivity contribution is -0.0732. The normalized spacial score (nSPS) is 17.4. The average Bonchev–Trinajstić information content (AvgIpc) is 2.22. The first-order valence-corrected chi connectivity index (χ1v) is 5.97. The van der Waals surface area contributed by atoms with Gasteiger partial charge in [-0.3, -0.25) is 0 Å². The van der Waals surface area contributed by atoms with E-state index >= 15 is 0 Å². The van der Waals surface area contributed by atoms with Gasteiger partial charge in [0.1, 0.15) is 0 Å². The molecule has 0 saturated carbocycles. The molecule has 3 heteroatoms. The number of aliphatic hydroxyl groups is 2. The van der Waals surface area contributed by atoms with E-state index in [0.717, 1.165) is 32.1 Å². The van der Waals surface area contributed by atoms with Crippen LogP contribution < -0.4 is 0 Å². The third-order valence-corrected chi connectivity index (χ3v) is 2.78. The molecule has 0 aromatic carbocycles. The summed E-state index contributed by atoms with van der Waals surface area (Å²) >= 11 is 0. The first kappa shape index (κ1) is 14.9. The zero-order chi connectivity index (χ0) is 11.7. The molecule has 2 N–H and O–H groups in total. The average molecular weight is 218 g/mol. The second kappa shape index (κ2) is 8.08. The number of hydrogen-bond acceptors (Lipinski definition) is 3. The van der Waals surface area contributed by atoms with Crippen LogP contribution >= 0.6 is 0 Å². The maximum absolute atomic E-state index is 9.16. The Morgan fingerprint density at radius 2 is 1.93 bits per heavy atom. The number of hydrogen-bond donors (Lipinski definition) is 2. The van der Waals surface area contributed by atoms with Gasteiger partial charge in [-0.25, -0.2) is 0 Å². The predicted octanol–water partition coefficient (Wildman–Crippen LogP) is 2.11. The van der Waals surface area contributed by atoms with Crippen molar-refractivity contribution < 1.29 is 14.9 Å². The Labute approximate surface area is 93.5 Å². The molecule has 0 spiro atoms. The van der Waals surface area contributed by atoms with E-state index in [1.807, 2.05) is 0 Å². The van der Waals surface area contributed by atoms with E-state index in [2.05, 4.69) is 13.8 Å². The molecule has 15 heavy (non-hydrogen) atoms. The van der Waals surface area contributed by atoms with Crippen LogP contribution in [-0.2, 0) is 4.74 Å². The number of rotatable bonds is 9. The molecular weight excluding hydrogens is 192 g/mol. The molecule has 0 fully saturated rings. The Morgan fingerprint density at radius 3 is 2.40 bits per heavy atom. The number of aliphatic hydroxyl groups excluding tert-OH is 2. The highest BCUT2D eigenvalue weighted by molar-refractivity contribution is 4.73. The topological polar surface area (TPSA) is 49.7 Å². The van der Waals surface area contributed by atoms with Crippen LogP contribution in [0.15, 0.2) is 0 Å². The fourth-order valence-corrected chi connectivity index (χ4v) is 1.46. The highest BCUT2D eigenvalue weighted by Crippen LogP contribution is 2.23. The van der Waals surface area contributed by atoms with Gasteiger partial charge in [0.15, 0.2) is 0 Å². The third-order valence-electron chi connectivity index (χ3n) is 2.78. The number of unbranched alkanes of at least 4 members (excludes halogenated alkanes) is 2. The summed E-state index contributed by atoms with van der Waals surface area (Å²) in [6, 6.07) is 0. The second-order valence-corrected chi connectivity index (χ2v) is 4.50. The van der Waals surface area contributed by atoms with Crippen molar-refractivity contribution >= 4 is 0 Å². The molecule has 0 aliphatic carbocycles. The molecule has 0 aromatic heterocycles. The standard InChI is InChI=1S/C12H26O3/c1-4-12(3,15-10-11(2)14)8-6-5-7-9-13/h11,13-14H,4-10H2,1-3H3. The molecule has 0 aliphatic heterocycles. The minimum absolute atomic E-state index is 0.119.